The molecule has 0 saturated heterocycles. The Morgan fingerprint density at radius 3 is 2.69 bits per heavy atom. The molecule has 1 fully saturated rings. The van der Waals surface area contributed by atoms with E-state index in [2.05, 4.69) is 17.8 Å². The number of amides is 1. The van der Waals surface area contributed by atoms with E-state index >= 15 is 0 Å². The number of hydrogen-bond donors (Lipinski definition) is 1. The van der Waals surface area contributed by atoms with Crippen LogP contribution in [0.5, 0.6) is 0 Å². The lowest BCUT2D eigenvalue weighted by molar-refractivity contribution is -0.123. The highest BCUT2D eigenvalue weighted by molar-refractivity contribution is 7.89. The van der Waals surface area contributed by atoms with Crippen LogP contribution in [0.1, 0.15) is 51.9 Å². The first-order valence-corrected chi connectivity index (χ1v) is 12.4. The number of rotatable bonds is 6. The van der Waals surface area contributed by atoms with Gasteiger partial charge in [0.1, 0.15) is 0 Å². The van der Waals surface area contributed by atoms with Crippen molar-refractivity contribution >= 4 is 37.5 Å². The van der Waals surface area contributed by atoms with E-state index < -0.39 is 10.0 Å². The van der Waals surface area contributed by atoms with Crippen molar-refractivity contribution in [3.05, 3.63) is 23.0 Å². The van der Waals surface area contributed by atoms with Crippen LogP contribution in [0.4, 0.5) is 0 Å². The minimum Gasteiger partial charge on any atom is -0.305 e. The highest BCUT2D eigenvalue weighted by Gasteiger charge is 2.26. The number of primary sulfonamides is 1. The van der Waals surface area contributed by atoms with Gasteiger partial charge in [0.15, 0.2) is 4.80 Å². The summed E-state index contributed by atoms with van der Waals surface area (Å²) in [4.78, 5) is 17.7. The lowest BCUT2D eigenvalue weighted by Crippen LogP contribution is -2.24. The van der Waals surface area contributed by atoms with E-state index in [1.807, 2.05) is 0 Å². The second-order valence-electron chi connectivity index (χ2n) is 7.66. The molecular weight excluding hydrogens is 406 g/mol. The summed E-state index contributed by atoms with van der Waals surface area (Å²) in [5.41, 5.74) is 0.746. The van der Waals surface area contributed by atoms with Gasteiger partial charge in [-0.15, -0.1) is 6.42 Å². The summed E-state index contributed by atoms with van der Waals surface area (Å²) < 4.78 is 25.7. The van der Waals surface area contributed by atoms with Crippen molar-refractivity contribution in [1.29, 1.82) is 0 Å². The monoisotopic (exact) mass is 433 g/mol. The Morgan fingerprint density at radius 2 is 2.07 bits per heavy atom. The normalized spacial score (nSPS) is 20.7. The molecule has 1 amide bonds. The molecule has 0 spiro atoms. The van der Waals surface area contributed by atoms with Crippen molar-refractivity contribution in [2.24, 2.45) is 22.0 Å². The quantitative estimate of drug-likeness (QED) is 0.707. The Hall–Kier alpha value is -1.95. The van der Waals surface area contributed by atoms with E-state index in [1.165, 1.54) is 42.7 Å². The van der Waals surface area contributed by atoms with E-state index in [0.29, 0.717) is 9.50 Å². The highest BCUT2D eigenvalue weighted by Crippen LogP contribution is 2.32. The molecule has 1 saturated carbocycles. The third-order valence-electron chi connectivity index (χ3n) is 5.60. The predicted octanol–water partition coefficient (Wildman–Crippen LogP) is 3.41. The maximum absolute atomic E-state index is 12.8. The zero-order valence-electron chi connectivity index (χ0n) is 16.6. The number of nitrogens with zero attached hydrogens (tertiary/aromatic N) is 2. The summed E-state index contributed by atoms with van der Waals surface area (Å²) in [6, 6.07) is 4.61. The Balaban J connectivity index is 1.88. The molecule has 29 heavy (non-hydrogen) atoms. The minimum atomic E-state index is -3.80. The van der Waals surface area contributed by atoms with E-state index in [4.69, 9.17) is 11.6 Å². The smallest absolute Gasteiger partial charge is 0.251 e. The van der Waals surface area contributed by atoms with Crippen molar-refractivity contribution in [2.45, 2.75) is 63.3 Å². The van der Waals surface area contributed by atoms with Crippen molar-refractivity contribution in [2.75, 3.05) is 0 Å². The predicted molar refractivity (Wildman–Crippen MR) is 116 cm³/mol. The van der Waals surface area contributed by atoms with E-state index in [9.17, 15) is 13.2 Å². The lowest BCUT2D eigenvalue weighted by atomic mass is 9.79. The molecule has 1 heterocycles. The molecule has 2 aromatic rings. The number of carbonyl (C=O) groups is 1. The van der Waals surface area contributed by atoms with Crippen LogP contribution in [-0.4, -0.2) is 18.9 Å². The Kier molecular flexibility index (Phi) is 6.93. The topological polar surface area (TPSA) is 94.5 Å². The van der Waals surface area contributed by atoms with Crippen LogP contribution in [0.3, 0.4) is 0 Å². The number of nitrogens with two attached hydrogens (primary N) is 1. The SMILES string of the molecule is C#CCn1c(=NC(=O)C2CCC(CCCC)CC2)sc2cc(S(N)(=O)=O)ccc21. The maximum Gasteiger partial charge on any atom is 0.251 e. The summed E-state index contributed by atoms with van der Waals surface area (Å²) in [7, 11) is -3.80. The molecule has 156 valence electrons. The number of unbranched alkanes of at least 4 members (excludes halogenated alkanes) is 1. The molecule has 1 aliphatic carbocycles. The Morgan fingerprint density at radius 1 is 1.34 bits per heavy atom. The van der Waals surface area contributed by atoms with Crippen molar-refractivity contribution in [3.8, 4) is 12.3 Å². The van der Waals surface area contributed by atoms with Crippen LogP contribution in [0, 0.1) is 24.2 Å². The van der Waals surface area contributed by atoms with E-state index in [1.54, 1.807) is 10.6 Å². The zero-order valence-corrected chi connectivity index (χ0v) is 18.3. The largest absolute Gasteiger partial charge is 0.305 e. The molecule has 1 aromatic carbocycles. The van der Waals surface area contributed by atoms with Gasteiger partial charge in [-0.1, -0.05) is 43.4 Å². The summed E-state index contributed by atoms with van der Waals surface area (Å²) in [6.45, 7) is 2.46. The van der Waals surface area contributed by atoms with Crippen LogP contribution in [0.15, 0.2) is 28.1 Å². The van der Waals surface area contributed by atoms with Gasteiger partial charge in [-0.25, -0.2) is 13.6 Å². The third kappa shape index (κ3) is 5.16. The van der Waals surface area contributed by atoms with Crippen molar-refractivity contribution in [3.63, 3.8) is 0 Å². The van der Waals surface area contributed by atoms with E-state index in [0.717, 1.165) is 37.1 Å². The number of sulfonamides is 1. The van der Waals surface area contributed by atoms with Crippen LogP contribution in [-0.2, 0) is 21.4 Å². The number of fused-ring (bicyclic) bond motifs is 1. The first-order valence-electron chi connectivity index (χ1n) is 10.0. The summed E-state index contributed by atoms with van der Waals surface area (Å²) >= 11 is 1.26. The van der Waals surface area contributed by atoms with Gasteiger partial charge in [0, 0.05) is 5.92 Å². The fourth-order valence-corrected chi connectivity index (χ4v) is 5.62. The number of carbonyl (C=O) groups excluding carboxylic acids is 1. The van der Waals surface area contributed by atoms with Gasteiger partial charge >= 0.3 is 0 Å². The fraction of sp³-hybridized carbons (Fsp3) is 0.524. The Bertz CT molecular complexity index is 1100. The number of terminal acetylenes is 1. The Labute approximate surface area is 175 Å². The van der Waals surface area contributed by atoms with E-state index in [-0.39, 0.29) is 23.3 Å². The van der Waals surface area contributed by atoms with Gasteiger partial charge in [0.05, 0.1) is 21.7 Å². The second kappa shape index (κ2) is 9.24. The first kappa shape index (κ1) is 21.8. The van der Waals surface area contributed by atoms with Gasteiger partial charge < -0.3 is 4.57 Å². The summed E-state index contributed by atoms with van der Waals surface area (Å²) in [5, 5.41) is 5.23. The number of benzene rings is 1. The number of hydrogen-bond acceptors (Lipinski definition) is 4. The van der Waals surface area contributed by atoms with Gasteiger partial charge in [0.2, 0.25) is 10.0 Å². The highest BCUT2D eigenvalue weighted by atomic mass is 32.2. The molecule has 0 aliphatic heterocycles. The van der Waals surface area contributed by atoms with Crippen LogP contribution in [0.25, 0.3) is 10.2 Å². The van der Waals surface area contributed by atoms with Crippen LogP contribution >= 0.6 is 11.3 Å². The molecule has 3 rings (SSSR count). The maximum atomic E-state index is 12.8. The van der Waals surface area contributed by atoms with Crippen LogP contribution in [0.2, 0.25) is 0 Å². The minimum absolute atomic E-state index is 0.0300. The molecule has 0 atom stereocenters. The average Bonchev–Trinajstić information content (AvgIpc) is 3.03. The molecule has 2 N–H and O–H groups in total. The average molecular weight is 434 g/mol. The van der Waals surface area contributed by atoms with Gasteiger partial charge in [0.25, 0.3) is 5.91 Å². The first-order chi connectivity index (χ1) is 13.8. The third-order valence-corrected chi connectivity index (χ3v) is 7.55. The molecule has 6 nitrogen and oxygen atoms in total. The lowest BCUT2D eigenvalue weighted by Gasteiger charge is -2.26. The van der Waals surface area contributed by atoms with Gasteiger partial charge in [-0.05, 0) is 49.8 Å². The zero-order chi connectivity index (χ0) is 21.0. The molecular formula is C21H27N3O3S2. The fourth-order valence-electron chi connectivity index (χ4n) is 3.94. The van der Waals surface area contributed by atoms with Gasteiger partial charge in [-0.3, -0.25) is 4.79 Å². The molecule has 8 heteroatoms. The van der Waals surface area contributed by atoms with Crippen LogP contribution < -0.4 is 9.94 Å². The number of thiazole rings is 1. The molecule has 0 radical (unpaired) electrons. The van der Waals surface area contributed by atoms with Crippen molar-refractivity contribution in [1.82, 2.24) is 4.57 Å². The molecule has 1 aromatic heterocycles. The standard InChI is InChI=1S/C21H27N3O3S2/c1-3-5-6-15-7-9-16(10-8-15)20(25)23-21-24(13-4-2)18-12-11-17(29(22,26)27)14-19(18)28-21/h2,11-12,14-16H,3,5-10,13H2,1H3,(H2,22,26,27). The number of aromatic nitrogens is 1. The molecule has 0 unspecified atom stereocenters. The second-order valence-corrected chi connectivity index (χ2v) is 10.2. The summed E-state index contributed by atoms with van der Waals surface area (Å²) in [5.74, 6) is 3.16. The molecule has 0 bridgehead atoms. The van der Waals surface area contributed by atoms with Gasteiger partial charge in [-0.2, -0.15) is 4.99 Å². The summed E-state index contributed by atoms with van der Waals surface area (Å²) in [6.07, 6.45) is 13.1. The van der Waals surface area contributed by atoms with Crippen molar-refractivity contribution < 1.29 is 13.2 Å². The molecule has 1 aliphatic rings.